The normalized spacial score (nSPS) is 10.6. The van der Waals surface area contributed by atoms with Gasteiger partial charge in [0.25, 0.3) is 5.91 Å². The van der Waals surface area contributed by atoms with Crippen LogP contribution in [-0.2, 0) is 0 Å². The molecule has 7 heteroatoms. The standard InChI is InChI=1S/C17H12BrFN2O2S/c1-9-15(10-2-5-12(19)6-3-10)24-17(20-9)21-16(23)13-8-11(18)4-7-14(13)22/h2-8,22H,1H3,(H,20,21,23). The van der Waals surface area contributed by atoms with Crippen LogP contribution in [0.4, 0.5) is 9.52 Å². The van der Waals surface area contributed by atoms with Crippen molar-refractivity contribution in [2.75, 3.05) is 5.32 Å². The SMILES string of the molecule is Cc1nc(NC(=O)c2cc(Br)ccc2O)sc1-c1ccc(F)cc1. The Morgan fingerprint density at radius 3 is 2.67 bits per heavy atom. The van der Waals surface area contributed by atoms with Crippen LogP contribution in [0.2, 0.25) is 0 Å². The minimum atomic E-state index is -0.451. The summed E-state index contributed by atoms with van der Waals surface area (Å²) >= 11 is 4.56. The van der Waals surface area contributed by atoms with Crippen LogP contribution in [-0.4, -0.2) is 16.0 Å². The lowest BCUT2D eigenvalue weighted by Gasteiger charge is -2.04. The second-order valence-corrected chi connectivity index (χ2v) is 6.97. The number of anilines is 1. The molecule has 4 nitrogen and oxygen atoms in total. The number of hydrogen-bond donors (Lipinski definition) is 2. The van der Waals surface area contributed by atoms with E-state index in [9.17, 15) is 14.3 Å². The molecule has 0 unspecified atom stereocenters. The van der Waals surface area contributed by atoms with E-state index in [0.29, 0.717) is 9.60 Å². The summed E-state index contributed by atoms with van der Waals surface area (Å²) in [5, 5.41) is 12.9. The number of aryl methyl sites for hydroxylation is 1. The van der Waals surface area contributed by atoms with Gasteiger partial charge in [-0.3, -0.25) is 10.1 Å². The number of aromatic hydroxyl groups is 1. The van der Waals surface area contributed by atoms with E-state index in [4.69, 9.17) is 0 Å². The molecule has 0 radical (unpaired) electrons. The van der Waals surface area contributed by atoms with Gasteiger partial charge in [0.15, 0.2) is 5.13 Å². The number of carbonyl (C=O) groups excluding carboxylic acids is 1. The predicted molar refractivity (Wildman–Crippen MR) is 96.0 cm³/mol. The Labute approximate surface area is 150 Å². The molecule has 1 amide bonds. The van der Waals surface area contributed by atoms with Crippen LogP contribution in [0, 0.1) is 12.7 Å². The summed E-state index contributed by atoms with van der Waals surface area (Å²) < 4.78 is 13.7. The van der Waals surface area contributed by atoms with E-state index in [-0.39, 0.29) is 17.1 Å². The Hall–Kier alpha value is -2.25. The van der Waals surface area contributed by atoms with Gasteiger partial charge < -0.3 is 5.11 Å². The van der Waals surface area contributed by atoms with Crippen LogP contribution < -0.4 is 5.32 Å². The molecule has 0 aliphatic heterocycles. The average Bonchev–Trinajstić information content (AvgIpc) is 2.91. The molecule has 0 fully saturated rings. The van der Waals surface area contributed by atoms with Crippen LogP contribution in [0.5, 0.6) is 5.75 Å². The van der Waals surface area contributed by atoms with Crippen molar-refractivity contribution in [3.05, 3.63) is 64.0 Å². The number of amides is 1. The molecule has 0 aliphatic carbocycles. The van der Waals surface area contributed by atoms with Gasteiger partial charge >= 0.3 is 0 Å². The second kappa shape index (κ2) is 6.70. The van der Waals surface area contributed by atoms with Gasteiger partial charge in [0, 0.05) is 4.47 Å². The maximum atomic E-state index is 13.0. The van der Waals surface area contributed by atoms with Crippen LogP contribution in [0.3, 0.4) is 0 Å². The highest BCUT2D eigenvalue weighted by molar-refractivity contribution is 9.10. The number of nitrogens with zero attached hydrogens (tertiary/aromatic N) is 1. The van der Waals surface area contributed by atoms with Crippen LogP contribution >= 0.6 is 27.3 Å². The third-order valence-corrected chi connectivity index (χ3v) is 4.94. The summed E-state index contributed by atoms with van der Waals surface area (Å²) in [6.45, 7) is 1.82. The van der Waals surface area contributed by atoms with E-state index in [1.54, 1.807) is 18.2 Å². The van der Waals surface area contributed by atoms with Crippen molar-refractivity contribution >= 4 is 38.3 Å². The Morgan fingerprint density at radius 1 is 1.25 bits per heavy atom. The lowest BCUT2D eigenvalue weighted by atomic mass is 10.1. The zero-order valence-electron chi connectivity index (χ0n) is 12.5. The van der Waals surface area contributed by atoms with Crippen LogP contribution in [0.25, 0.3) is 10.4 Å². The third-order valence-electron chi connectivity index (χ3n) is 3.33. The van der Waals surface area contributed by atoms with E-state index in [1.165, 1.54) is 35.6 Å². The van der Waals surface area contributed by atoms with Gasteiger partial charge in [-0.2, -0.15) is 0 Å². The van der Waals surface area contributed by atoms with Gasteiger partial charge in [-0.1, -0.05) is 39.4 Å². The molecule has 0 spiro atoms. The van der Waals surface area contributed by atoms with E-state index in [0.717, 1.165) is 16.1 Å². The Kier molecular flexibility index (Phi) is 4.64. The summed E-state index contributed by atoms with van der Waals surface area (Å²) in [4.78, 5) is 17.5. The second-order valence-electron chi connectivity index (χ2n) is 5.06. The molecule has 122 valence electrons. The molecule has 2 aromatic carbocycles. The lowest BCUT2D eigenvalue weighted by molar-refractivity contribution is 0.102. The first-order valence-electron chi connectivity index (χ1n) is 6.97. The number of phenols is 1. The smallest absolute Gasteiger partial charge is 0.261 e. The number of rotatable bonds is 3. The molecule has 0 saturated heterocycles. The van der Waals surface area contributed by atoms with Crippen molar-refractivity contribution < 1.29 is 14.3 Å². The Balaban J connectivity index is 1.86. The molecule has 0 atom stereocenters. The van der Waals surface area contributed by atoms with Crippen molar-refractivity contribution in [1.29, 1.82) is 0 Å². The minimum Gasteiger partial charge on any atom is -0.507 e. The first-order valence-corrected chi connectivity index (χ1v) is 8.58. The first-order chi connectivity index (χ1) is 11.4. The number of carbonyl (C=O) groups is 1. The lowest BCUT2D eigenvalue weighted by Crippen LogP contribution is -2.11. The van der Waals surface area contributed by atoms with Crippen LogP contribution in [0.15, 0.2) is 46.9 Å². The van der Waals surface area contributed by atoms with Crippen molar-refractivity contribution in [3.63, 3.8) is 0 Å². The highest BCUT2D eigenvalue weighted by Crippen LogP contribution is 2.33. The number of aromatic nitrogens is 1. The molecule has 0 saturated carbocycles. The Bertz CT molecular complexity index is 909. The Morgan fingerprint density at radius 2 is 1.96 bits per heavy atom. The summed E-state index contributed by atoms with van der Waals surface area (Å²) in [6, 6.07) is 10.7. The molecule has 0 aliphatic rings. The van der Waals surface area contributed by atoms with E-state index in [2.05, 4.69) is 26.2 Å². The molecule has 1 aromatic heterocycles. The predicted octanol–water partition coefficient (Wildman–Crippen LogP) is 4.98. The van der Waals surface area contributed by atoms with Crippen molar-refractivity contribution in [2.45, 2.75) is 6.92 Å². The summed E-state index contributed by atoms with van der Waals surface area (Å²) in [6.07, 6.45) is 0. The van der Waals surface area contributed by atoms with Crippen molar-refractivity contribution in [2.24, 2.45) is 0 Å². The largest absolute Gasteiger partial charge is 0.507 e. The minimum absolute atomic E-state index is 0.109. The summed E-state index contributed by atoms with van der Waals surface area (Å²) in [5.74, 6) is -0.865. The zero-order chi connectivity index (χ0) is 17.3. The van der Waals surface area contributed by atoms with Gasteiger partial charge in [0.1, 0.15) is 11.6 Å². The molecule has 0 bridgehead atoms. The monoisotopic (exact) mass is 406 g/mol. The first kappa shape index (κ1) is 16.6. The number of benzene rings is 2. The van der Waals surface area contributed by atoms with Gasteiger partial charge in [-0.25, -0.2) is 9.37 Å². The fourth-order valence-corrected chi connectivity index (χ4v) is 3.50. The van der Waals surface area contributed by atoms with Gasteiger partial charge in [0.05, 0.1) is 16.1 Å². The number of nitrogens with one attached hydrogen (secondary N) is 1. The van der Waals surface area contributed by atoms with Crippen molar-refractivity contribution in [3.8, 4) is 16.2 Å². The highest BCUT2D eigenvalue weighted by atomic mass is 79.9. The quantitative estimate of drug-likeness (QED) is 0.644. The molecule has 3 rings (SSSR count). The number of phenolic OH excluding ortho intramolecular Hbond substituents is 1. The molecule has 3 aromatic rings. The van der Waals surface area contributed by atoms with Crippen molar-refractivity contribution in [1.82, 2.24) is 4.98 Å². The molecular weight excluding hydrogens is 395 g/mol. The topological polar surface area (TPSA) is 62.2 Å². The van der Waals surface area contributed by atoms with Crippen LogP contribution in [0.1, 0.15) is 16.1 Å². The van der Waals surface area contributed by atoms with Gasteiger partial charge in [-0.05, 0) is 42.8 Å². The number of halogens is 2. The van der Waals surface area contributed by atoms with E-state index >= 15 is 0 Å². The fourth-order valence-electron chi connectivity index (χ4n) is 2.17. The molecule has 2 N–H and O–H groups in total. The van der Waals surface area contributed by atoms with E-state index < -0.39 is 5.91 Å². The maximum absolute atomic E-state index is 13.0. The zero-order valence-corrected chi connectivity index (χ0v) is 14.9. The molecule has 1 heterocycles. The number of thiazole rings is 1. The summed E-state index contributed by atoms with van der Waals surface area (Å²) in [5.41, 5.74) is 1.72. The fraction of sp³-hybridized carbons (Fsp3) is 0.0588. The molecular formula is C17H12BrFN2O2S. The number of hydrogen-bond acceptors (Lipinski definition) is 4. The maximum Gasteiger partial charge on any atom is 0.261 e. The summed E-state index contributed by atoms with van der Waals surface area (Å²) in [7, 11) is 0. The van der Waals surface area contributed by atoms with Gasteiger partial charge in [-0.15, -0.1) is 0 Å². The third kappa shape index (κ3) is 3.47. The molecule has 24 heavy (non-hydrogen) atoms. The van der Waals surface area contributed by atoms with E-state index in [1.807, 2.05) is 6.92 Å². The van der Waals surface area contributed by atoms with Gasteiger partial charge in [0.2, 0.25) is 0 Å². The average molecular weight is 407 g/mol. The highest BCUT2D eigenvalue weighted by Gasteiger charge is 2.16.